The predicted molar refractivity (Wildman–Crippen MR) is 90.5 cm³/mol. The number of nitrogens with one attached hydrogen (secondary N) is 1. The quantitative estimate of drug-likeness (QED) is 0.849. The molecule has 0 aromatic heterocycles. The Morgan fingerprint density at radius 3 is 2.52 bits per heavy atom. The summed E-state index contributed by atoms with van der Waals surface area (Å²) in [5.41, 5.74) is 4.00. The Hall–Kier alpha value is -1.02. The predicted octanol–water partition coefficient (Wildman–Crippen LogP) is 4.85. The molecule has 2 aromatic carbocycles. The Morgan fingerprint density at radius 1 is 1.10 bits per heavy atom. The maximum Gasteiger partial charge on any atom is 0.0453 e. The van der Waals surface area contributed by atoms with Crippen molar-refractivity contribution in [3.8, 4) is 0 Å². The molecule has 1 aliphatic rings. The van der Waals surface area contributed by atoms with Crippen molar-refractivity contribution in [2.24, 2.45) is 0 Å². The number of benzene rings is 2. The molecule has 2 atom stereocenters. The molecule has 0 amide bonds. The van der Waals surface area contributed by atoms with Crippen LogP contribution in [-0.4, -0.2) is 13.1 Å². The van der Waals surface area contributed by atoms with E-state index in [1.807, 2.05) is 25.2 Å². The van der Waals surface area contributed by atoms with E-state index in [2.05, 4.69) is 29.6 Å². The maximum absolute atomic E-state index is 6.33. The van der Waals surface area contributed by atoms with Gasteiger partial charge < -0.3 is 5.32 Å². The van der Waals surface area contributed by atoms with Crippen LogP contribution in [0.25, 0.3) is 0 Å². The molecule has 2 unspecified atom stereocenters. The average molecular weight is 320 g/mol. The molecular formula is C18H19Cl2N. The van der Waals surface area contributed by atoms with E-state index in [1.54, 1.807) is 0 Å². The number of halogens is 2. The second-order valence-corrected chi connectivity index (χ2v) is 6.46. The zero-order valence-corrected chi connectivity index (χ0v) is 13.6. The van der Waals surface area contributed by atoms with Crippen molar-refractivity contribution in [3.63, 3.8) is 0 Å². The highest BCUT2D eigenvalue weighted by Crippen LogP contribution is 2.37. The van der Waals surface area contributed by atoms with Crippen molar-refractivity contribution in [3.05, 3.63) is 69.2 Å². The van der Waals surface area contributed by atoms with Gasteiger partial charge in [-0.3, -0.25) is 0 Å². The van der Waals surface area contributed by atoms with E-state index < -0.39 is 0 Å². The van der Waals surface area contributed by atoms with Crippen LogP contribution in [0.4, 0.5) is 0 Å². The van der Waals surface area contributed by atoms with E-state index >= 15 is 0 Å². The fourth-order valence-corrected chi connectivity index (χ4v) is 3.95. The molecule has 21 heavy (non-hydrogen) atoms. The molecule has 0 saturated carbocycles. The van der Waals surface area contributed by atoms with Gasteiger partial charge in [-0.05, 0) is 55.1 Å². The molecular weight excluding hydrogens is 301 g/mol. The van der Waals surface area contributed by atoms with Crippen molar-refractivity contribution < 1.29 is 0 Å². The van der Waals surface area contributed by atoms with Crippen molar-refractivity contribution >= 4 is 23.2 Å². The Bertz CT molecular complexity index is 619. The summed E-state index contributed by atoms with van der Waals surface area (Å²) in [6.45, 7) is 0. The van der Waals surface area contributed by atoms with Gasteiger partial charge in [-0.15, -0.1) is 0 Å². The van der Waals surface area contributed by atoms with Crippen LogP contribution in [-0.2, 0) is 12.8 Å². The van der Waals surface area contributed by atoms with Crippen LogP contribution in [0.15, 0.2) is 42.5 Å². The summed E-state index contributed by atoms with van der Waals surface area (Å²) in [6, 6.07) is 14.8. The summed E-state index contributed by atoms with van der Waals surface area (Å²) in [5.74, 6) is 0.526. The summed E-state index contributed by atoms with van der Waals surface area (Å²) in [6.07, 6.45) is 3.20. The minimum absolute atomic E-state index is 0.353. The molecule has 0 heterocycles. The van der Waals surface area contributed by atoms with Gasteiger partial charge in [0.15, 0.2) is 0 Å². The minimum atomic E-state index is 0.353. The average Bonchev–Trinajstić information content (AvgIpc) is 2.91. The molecule has 0 radical (unpaired) electrons. The Labute approximate surface area is 136 Å². The monoisotopic (exact) mass is 319 g/mol. The van der Waals surface area contributed by atoms with E-state index in [0.29, 0.717) is 12.0 Å². The van der Waals surface area contributed by atoms with E-state index in [0.717, 1.165) is 28.5 Å². The highest BCUT2D eigenvalue weighted by Gasteiger charge is 2.29. The molecule has 1 aliphatic carbocycles. The molecule has 110 valence electrons. The lowest BCUT2D eigenvalue weighted by Crippen LogP contribution is -2.33. The molecule has 0 bridgehead atoms. The van der Waals surface area contributed by atoms with Gasteiger partial charge in [-0.2, -0.15) is 0 Å². The molecule has 3 rings (SSSR count). The van der Waals surface area contributed by atoms with Gasteiger partial charge in [0.05, 0.1) is 0 Å². The smallest absolute Gasteiger partial charge is 0.0453 e. The lowest BCUT2D eigenvalue weighted by molar-refractivity contribution is 0.456. The first-order valence-electron chi connectivity index (χ1n) is 7.38. The van der Waals surface area contributed by atoms with Gasteiger partial charge in [0.2, 0.25) is 0 Å². The summed E-state index contributed by atoms with van der Waals surface area (Å²) in [7, 11) is 2.02. The summed E-state index contributed by atoms with van der Waals surface area (Å²) >= 11 is 12.7. The second-order valence-electron chi connectivity index (χ2n) is 5.64. The van der Waals surface area contributed by atoms with Crippen LogP contribution in [0, 0.1) is 0 Å². The first-order valence-corrected chi connectivity index (χ1v) is 8.14. The van der Waals surface area contributed by atoms with Crippen LogP contribution in [0.5, 0.6) is 0 Å². The lowest BCUT2D eigenvalue weighted by Gasteiger charge is -2.25. The third kappa shape index (κ3) is 2.96. The minimum Gasteiger partial charge on any atom is -0.316 e. The number of hydrogen-bond donors (Lipinski definition) is 1. The highest BCUT2D eigenvalue weighted by atomic mass is 35.5. The van der Waals surface area contributed by atoms with Gasteiger partial charge in [0.25, 0.3) is 0 Å². The van der Waals surface area contributed by atoms with E-state index in [4.69, 9.17) is 23.2 Å². The standard InChI is InChI=1S/C18H19Cl2N/c1-21-18(11-15-16(19)7-4-8-17(15)20)14-10-9-12-5-2-3-6-13(12)14/h2-8,14,18,21H,9-11H2,1H3. The van der Waals surface area contributed by atoms with Gasteiger partial charge in [0, 0.05) is 22.0 Å². The zero-order valence-electron chi connectivity index (χ0n) is 12.1. The van der Waals surface area contributed by atoms with Gasteiger partial charge in [-0.25, -0.2) is 0 Å². The van der Waals surface area contributed by atoms with Gasteiger partial charge in [0.1, 0.15) is 0 Å². The molecule has 0 spiro atoms. The molecule has 0 fully saturated rings. The summed E-state index contributed by atoms with van der Waals surface area (Å²) in [5, 5.41) is 4.99. The van der Waals surface area contributed by atoms with Crippen molar-refractivity contribution in [2.45, 2.75) is 31.2 Å². The fraction of sp³-hybridized carbons (Fsp3) is 0.333. The van der Waals surface area contributed by atoms with E-state index in [1.165, 1.54) is 17.5 Å². The molecule has 0 saturated heterocycles. The molecule has 1 N–H and O–H groups in total. The maximum atomic E-state index is 6.33. The number of hydrogen-bond acceptors (Lipinski definition) is 1. The number of likely N-dealkylation sites (N-methyl/N-ethyl adjacent to an activating group) is 1. The fourth-order valence-electron chi connectivity index (χ4n) is 3.40. The van der Waals surface area contributed by atoms with Crippen LogP contribution >= 0.6 is 23.2 Å². The normalized spacial score (nSPS) is 18.5. The van der Waals surface area contributed by atoms with Crippen molar-refractivity contribution in [1.82, 2.24) is 5.32 Å². The molecule has 2 aromatic rings. The van der Waals surface area contributed by atoms with Gasteiger partial charge in [-0.1, -0.05) is 53.5 Å². The van der Waals surface area contributed by atoms with Crippen molar-refractivity contribution in [2.75, 3.05) is 7.05 Å². The first kappa shape index (κ1) is 14.9. The topological polar surface area (TPSA) is 12.0 Å². The summed E-state index contributed by atoms with van der Waals surface area (Å²) in [4.78, 5) is 0. The highest BCUT2D eigenvalue weighted by molar-refractivity contribution is 6.36. The number of rotatable bonds is 4. The van der Waals surface area contributed by atoms with E-state index in [9.17, 15) is 0 Å². The third-order valence-electron chi connectivity index (χ3n) is 4.52. The van der Waals surface area contributed by atoms with Crippen LogP contribution < -0.4 is 5.32 Å². The SMILES string of the molecule is CNC(Cc1c(Cl)cccc1Cl)C1CCc2ccccc21. The number of fused-ring (bicyclic) bond motifs is 1. The third-order valence-corrected chi connectivity index (χ3v) is 5.23. The second kappa shape index (κ2) is 6.39. The first-order chi connectivity index (χ1) is 10.2. The van der Waals surface area contributed by atoms with Crippen LogP contribution in [0.2, 0.25) is 10.0 Å². The van der Waals surface area contributed by atoms with Crippen molar-refractivity contribution in [1.29, 1.82) is 0 Å². The Balaban J connectivity index is 1.87. The zero-order chi connectivity index (χ0) is 14.8. The van der Waals surface area contributed by atoms with Crippen LogP contribution in [0.3, 0.4) is 0 Å². The van der Waals surface area contributed by atoms with Gasteiger partial charge >= 0.3 is 0 Å². The number of aryl methyl sites for hydroxylation is 1. The lowest BCUT2D eigenvalue weighted by atomic mass is 9.89. The Kier molecular flexibility index (Phi) is 4.54. The summed E-state index contributed by atoms with van der Waals surface area (Å²) < 4.78 is 0. The van der Waals surface area contributed by atoms with Crippen LogP contribution in [0.1, 0.15) is 29.0 Å². The Morgan fingerprint density at radius 2 is 1.81 bits per heavy atom. The largest absolute Gasteiger partial charge is 0.316 e. The molecule has 0 aliphatic heterocycles. The molecule has 1 nitrogen and oxygen atoms in total. The van der Waals surface area contributed by atoms with E-state index in [-0.39, 0.29) is 0 Å². The molecule has 3 heteroatoms.